The summed E-state index contributed by atoms with van der Waals surface area (Å²) < 4.78 is 0. The van der Waals surface area contributed by atoms with Gasteiger partial charge in [-0.1, -0.05) is 23.8 Å². The van der Waals surface area contributed by atoms with Crippen molar-refractivity contribution in [1.82, 2.24) is 0 Å². The van der Waals surface area contributed by atoms with Crippen molar-refractivity contribution in [2.45, 2.75) is 26.3 Å². The number of nitro benzene ring substituents is 1. The van der Waals surface area contributed by atoms with Gasteiger partial charge in [0, 0.05) is 17.8 Å². The Labute approximate surface area is 144 Å². The molecule has 1 atom stereocenters. The second-order valence-corrected chi connectivity index (χ2v) is 6.07. The topological polar surface area (TPSA) is 92.6 Å². The molecule has 0 bridgehead atoms. The molecule has 7 heteroatoms. The van der Waals surface area contributed by atoms with Gasteiger partial charge in [-0.2, -0.15) is 0 Å². The number of nitrogens with one attached hydrogen (secondary N) is 1. The Balaban J connectivity index is 1.84. The standard InChI is InChI=1S/C18H17N3O4/c1-11-6-7-16(12(2)8-11)20-17(22)10-15(18(20)23)19-13-4-3-5-14(9-13)21(24)25/h3-9,15,19H,10H2,1-2H3/t15-/m0/s1. The summed E-state index contributed by atoms with van der Waals surface area (Å²) in [5, 5.41) is 13.8. The molecule has 1 aliphatic heterocycles. The zero-order chi connectivity index (χ0) is 18.1. The maximum Gasteiger partial charge on any atom is 0.271 e. The first kappa shape index (κ1) is 16.6. The average Bonchev–Trinajstić information content (AvgIpc) is 2.82. The molecule has 2 amide bonds. The zero-order valence-electron chi connectivity index (χ0n) is 13.9. The van der Waals surface area contributed by atoms with Gasteiger partial charge >= 0.3 is 0 Å². The maximum absolute atomic E-state index is 12.7. The first-order valence-corrected chi connectivity index (χ1v) is 7.82. The number of non-ortho nitro benzene ring substituents is 1. The quantitative estimate of drug-likeness (QED) is 0.525. The van der Waals surface area contributed by atoms with Gasteiger partial charge in [-0.05, 0) is 31.5 Å². The van der Waals surface area contributed by atoms with Crippen molar-refractivity contribution in [1.29, 1.82) is 0 Å². The molecule has 2 aromatic carbocycles. The first-order chi connectivity index (χ1) is 11.9. The van der Waals surface area contributed by atoms with Gasteiger partial charge in [0.15, 0.2) is 0 Å². The highest BCUT2D eigenvalue weighted by Gasteiger charge is 2.40. The number of hydrogen-bond acceptors (Lipinski definition) is 5. The van der Waals surface area contributed by atoms with Crippen molar-refractivity contribution in [3.63, 3.8) is 0 Å². The molecule has 0 radical (unpaired) electrons. The van der Waals surface area contributed by atoms with E-state index in [-0.39, 0.29) is 23.9 Å². The monoisotopic (exact) mass is 339 g/mol. The Hall–Kier alpha value is -3.22. The summed E-state index contributed by atoms with van der Waals surface area (Å²) in [5.41, 5.74) is 2.82. The molecule has 25 heavy (non-hydrogen) atoms. The van der Waals surface area contributed by atoms with Crippen LogP contribution in [0.15, 0.2) is 42.5 Å². The van der Waals surface area contributed by atoms with Crippen LogP contribution < -0.4 is 10.2 Å². The van der Waals surface area contributed by atoms with Crippen molar-refractivity contribution < 1.29 is 14.5 Å². The van der Waals surface area contributed by atoms with Gasteiger partial charge in [0.2, 0.25) is 5.91 Å². The number of nitro groups is 1. The molecule has 0 aliphatic carbocycles. The second kappa shape index (κ2) is 6.35. The van der Waals surface area contributed by atoms with Gasteiger partial charge in [0.25, 0.3) is 11.6 Å². The van der Waals surface area contributed by atoms with Crippen molar-refractivity contribution in [3.05, 3.63) is 63.7 Å². The van der Waals surface area contributed by atoms with Crippen molar-refractivity contribution in [3.8, 4) is 0 Å². The van der Waals surface area contributed by atoms with Crippen molar-refractivity contribution in [2.75, 3.05) is 10.2 Å². The number of carbonyl (C=O) groups excluding carboxylic acids is 2. The van der Waals surface area contributed by atoms with E-state index in [1.165, 1.54) is 23.1 Å². The van der Waals surface area contributed by atoms with Crippen LogP contribution in [-0.2, 0) is 9.59 Å². The lowest BCUT2D eigenvalue weighted by atomic mass is 10.1. The van der Waals surface area contributed by atoms with Crippen LogP contribution in [0.1, 0.15) is 17.5 Å². The van der Waals surface area contributed by atoms with Crippen LogP contribution in [0.2, 0.25) is 0 Å². The molecular weight excluding hydrogens is 322 g/mol. The number of rotatable bonds is 4. The Morgan fingerprint density at radius 2 is 1.92 bits per heavy atom. The average molecular weight is 339 g/mol. The molecule has 0 saturated carbocycles. The number of imide groups is 1. The third-order valence-electron chi connectivity index (χ3n) is 4.14. The summed E-state index contributed by atoms with van der Waals surface area (Å²) in [6.45, 7) is 3.79. The number of nitrogens with zero attached hydrogens (tertiary/aromatic N) is 2. The van der Waals surface area contributed by atoms with Gasteiger partial charge in [-0.3, -0.25) is 19.7 Å². The third-order valence-corrected chi connectivity index (χ3v) is 4.14. The van der Waals surface area contributed by atoms with Crippen LogP contribution in [0, 0.1) is 24.0 Å². The van der Waals surface area contributed by atoms with E-state index in [0.717, 1.165) is 11.1 Å². The molecule has 0 unspecified atom stereocenters. The van der Waals surface area contributed by atoms with Gasteiger partial charge < -0.3 is 5.32 Å². The Bertz CT molecular complexity index is 878. The van der Waals surface area contributed by atoms with E-state index in [4.69, 9.17) is 0 Å². The van der Waals surface area contributed by atoms with Crippen LogP contribution in [-0.4, -0.2) is 22.8 Å². The summed E-state index contributed by atoms with van der Waals surface area (Å²) in [7, 11) is 0. The lowest BCUT2D eigenvalue weighted by Crippen LogP contribution is -2.35. The van der Waals surface area contributed by atoms with Gasteiger partial charge in [0.05, 0.1) is 17.0 Å². The molecule has 0 spiro atoms. The minimum Gasteiger partial charge on any atom is -0.373 e. The number of amides is 2. The summed E-state index contributed by atoms with van der Waals surface area (Å²) in [4.78, 5) is 36.6. The first-order valence-electron chi connectivity index (χ1n) is 7.82. The third kappa shape index (κ3) is 3.21. The molecule has 128 valence electrons. The highest BCUT2D eigenvalue weighted by molar-refractivity contribution is 6.23. The largest absolute Gasteiger partial charge is 0.373 e. The molecular formula is C18H17N3O4. The normalized spacial score (nSPS) is 17.0. The van der Waals surface area contributed by atoms with Crippen molar-refractivity contribution in [2.24, 2.45) is 0 Å². The molecule has 1 saturated heterocycles. The molecule has 1 N–H and O–H groups in total. The van der Waals surface area contributed by atoms with Gasteiger partial charge in [-0.15, -0.1) is 0 Å². The highest BCUT2D eigenvalue weighted by Crippen LogP contribution is 2.29. The Morgan fingerprint density at radius 1 is 1.16 bits per heavy atom. The van der Waals surface area contributed by atoms with E-state index in [1.807, 2.05) is 26.0 Å². The van der Waals surface area contributed by atoms with Gasteiger partial charge in [0.1, 0.15) is 6.04 Å². The molecule has 3 rings (SSSR count). The summed E-state index contributed by atoms with van der Waals surface area (Å²) >= 11 is 0. The predicted octanol–water partition coefficient (Wildman–Crippen LogP) is 2.96. The molecule has 1 heterocycles. The minimum atomic E-state index is -0.741. The molecule has 7 nitrogen and oxygen atoms in total. The molecule has 0 aromatic heterocycles. The molecule has 1 fully saturated rings. The predicted molar refractivity (Wildman–Crippen MR) is 93.5 cm³/mol. The van der Waals surface area contributed by atoms with E-state index in [9.17, 15) is 19.7 Å². The number of hydrogen-bond donors (Lipinski definition) is 1. The highest BCUT2D eigenvalue weighted by atomic mass is 16.6. The summed E-state index contributed by atoms with van der Waals surface area (Å²) in [5.74, 6) is -0.650. The SMILES string of the molecule is Cc1ccc(N2C(=O)C[C@H](Nc3cccc([N+](=O)[O-])c3)C2=O)c(C)c1. The van der Waals surface area contributed by atoms with E-state index < -0.39 is 11.0 Å². The fourth-order valence-electron chi connectivity index (χ4n) is 2.96. The Kier molecular flexibility index (Phi) is 4.22. The van der Waals surface area contributed by atoms with Crippen LogP contribution in [0.5, 0.6) is 0 Å². The lowest BCUT2D eigenvalue weighted by molar-refractivity contribution is -0.384. The molecule has 2 aromatic rings. The second-order valence-electron chi connectivity index (χ2n) is 6.07. The Morgan fingerprint density at radius 3 is 2.60 bits per heavy atom. The van der Waals surface area contributed by atoms with Gasteiger partial charge in [-0.25, -0.2) is 4.90 Å². The summed E-state index contributed by atoms with van der Waals surface area (Å²) in [6.07, 6.45) is 0.00877. The summed E-state index contributed by atoms with van der Waals surface area (Å²) in [6, 6.07) is 10.7. The van der Waals surface area contributed by atoms with Crippen molar-refractivity contribution >= 4 is 28.9 Å². The number of anilines is 2. The van der Waals surface area contributed by atoms with Crippen LogP contribution in [0.25, 0.3) is 0 Å². The maximum atomic E-state index is 12.7. The van der Waals surface area contributed by atoms with E-state index >= 15 is 0 Å². The number of aryl methyl sites for hydroxylation is 2. The van der Waals surface area contributed by atoms with E-state index in [1.54, 1.807) is 12.1 Å². The zero-order valence-corrected chi connectivity index (χ0v) is 13.9. The lowest BCUT2D eigenvalue weighted by Gasteiger charge is -2.18. The smallest absolute Gasteiger partial charge is 0.271 e. The fraction of sp³-hybridized carbons (Fsp3) is 0.222. The van der Waals surface area contributed by atoms with E-state index in [2.05, 4.69) is 5.32 Å². The van der Waals surface area contributed by atoms with Crippen LogP contribution in [0.3, 0.4) is 0 Å². The van der Waals surface area contributed by atoms with Crippen LogP contribution in [0.4, 0.5) is 17.1 Å². The number of benzene rings is 2. The minimum absolute atomic E-state index is 0.00877. The molecule has 1 aliphatic rings. The number of carbonyl (C=O) groups is 2. The fourth-order valence-corrected chi connectivity index (χ4v) is 2.96. The van der Waals surface area contributed by atoms with E-state index in [0.29, 0.717) is 11.4 Å². The van der Waals surface area contributed by atoms with Crippen LogP contribution >= 0.6 is 0 Å².